The molecule has 0 saturated carbocycles. The molecule has 0 bridgehead atoms. The summed E-state index contributed by atoms with van der Waals surface area (Å²) in [6.07, 6.45) is 0.937. The van der Waals surface area contributed by atoms with Crippen LogP contribution in [-0.2, 0) is 4.79 Å². The van der Waals surface area contributed by atoms with Gasteiger partial charge in [-0.15, -0.1) is 0 Å². The number of benzene rings is 1. The van der Waals surface area contributed by atoms with E-state index in [-0.39, 0.29) is 12.5 Å². The summed E-state index contributed by atoms with van der Waals surface area (Å²) in [4.78, 5) is 11.3. The number of carbonyl (C=O) groups excluding carboxylic acids is 1. The lowest BCUT2D eigenvalue weighted by Crippen LogP contribution is -2.30. The minimum absolute atomic E-state index is 0.0197. The molecule has 88 valence electrons. The van der Waals surface area contributed by atoms with E-state index in [4.69, 9.17) is 11.6 Å². The minimum Gasteiger partial charge on any atom is -0.375 e. The van der Waals surface area contributed by atoms with Crippen molar-refractivity contribution >= 4 is 39.1 Å². The number of hydrogen-bond donors (Lipinski definition) is 2. The van der Waals surface area contributed by atoms with Gasteiger partial charge < -0.3 is 10.6 Å². The molecule has 0 fully saturated rings. The average molecular weight is 306 g/mol. The number of anilines is 1. The summed E-state index contributed by atoms with van der Waals surface area (Å²) in [6, 6.07) is 5.48. The second kappa shape index (κ2) is 6.76. The van der Waals surface area contributed by atoms with Crippen molar-refractivity contribution in [2.24, 2.45) is 0 Å². The van der Waals surface area contributed by atoms with Crippen molar-refractivity contribution in [3.63, 3.8) is 0 Å². The summed E-state index contributed by atoms with van der Waals surface area (Å²) in [5.41, 5.74) is 0.819. The summed E-state index contributed by atoms with van der Waals surface area (Å²) in [5, 5.41) is 6.43. The molecule has 0 aromatic heterocycles. The highest BCUT2D eigenvalue weighted by molar-refractivity contribution is 9.10. The van der Waals surface area contributed by atoms with Crippen LogP contribution >= 0.6 is 27.5 Å². The van der Waals surface area contributed by atoms with Crippen LogP contribution in [0.4, 0.5) is 5.69 Å². The highest BCUT2D eigenvalue weighted by Crippen LogP contribution is 2.29. The first kappa shape index (κ1) is 13.3. The molecule has 0 unspecified atom stereocenters. The zero-order chi connectivity index (χ0) is 12.0. The average Bonchev–Trinajstić information content (AvgIpc) is 2.28. The summed E-state index contributed by atoms with van der Waals surface area (Å²) in [6.45, 7) is 2.97. The number of amides is 1. The SMILES string of the molecule is CCCNC(=O)CNc1cccc(Cl)c1Br. The van der Waals surface area contributed by atoms with Crippen LogP contribution in [0.25, 0.3) is 0 Å². The Morgan fingerprint density at radius 3 is 2.94 bits per heavy atom. The zero-order valence-corrected chi connectivity index (χ0v) is 11.4. The van der Waals surface area contributed by atoms with Gasteiger partial charge in [0.1, 0.15) is 0 Å². The molecule has 0 saturated heterocycles. The van der Waals surface area contributed by atoms with Gasteiger partial charge in [-0.25, -0.2) is 0 Å². The van der Waals surface area contributed by atoms with Crippen LogP contribution in [0, 0.1) is 0 Å². The maximum Gasteiger partial charge on any atom is 0.239 e. The zero-order valence-electron chi connectivity index (χ0n) is 9.02. The first-order valence-corrected chi connectivity index (χ1v) is 6.26. The van der Waals surface area contributed by atoms with E-state index in [2.05, 4.69) is 26.6 Å². The van der Waals surface area contributed by atoms with Crippen molar-refractivity contribution in [2.75, 3.05) is 18.4 Å². The van der Waals surface area contributed by atoms with Gasteiger partial charge in [0.2, 0.25) is 5.91 Å². The third-order valence-corrected chi connectivity index (χ3v) is 3.36. The van der Waals surface area contributed by atoms with Crippen molar-refractivity contribution in [1.82, 2.24) is 5.32 Å². The molecule has 1 aromatic carbocycles. The van der Waals surface area contributed by atoms with E-state index in [1.54, 1.807) is 6.07 Å². The number of rotatable bonds is 5. The maximum absolute atomic E-state index is 11.3. The minimum atomic E-state index is -0.0197. The van der Waals surface area contributed by atoms with Gasteiger partial charge in [0.25, 0.3) is 0 Å². The van der Waals surface area contributed by atoms with Gasteiger partial charge in [0.05, 0.1) is 21.7 Å². The van der Waals surface area contributed by atoms with Gasteiger partial charge in [0.15, 0.2) is 0 Å². The normalized spacial score (nSPS) is 9.94. The molecular weight excluding hydrogens is 291 g/mol. The first-order valence-electron chi connectivity index (χ1n) is 5.09. The standard InChI is InChI=1S/C11H14BrClN2O/c1-2-6-14-10(16)7-15-9-5-3-4-8(13)11(9)12/h3-5,15H,2,6-7H2,1H3,(H,14,16). The Morgan fingerprint density at radius 1 is 1.50 bits per heavy atom. The van der Waals surface area contributed by atoms with E-state index in [0.29, 0.717) is 11.6 Å². The fourth-order valence-corrected chi connectivity index (χ4v) is 1.72. The quantitative estimate of drug-likeness (QED) is 0.878. The highest BCUT2D eigenvalue weighted by Gasteiger charge is 2.05. The Kier molecular flexibility index (Phi) is 5.63. The second-order valence-electron chi connectivity index (χ2n) is 3.30. The molecule has 0 aliphatic heterocycles. The van der Waals surface area contributed by atoms with Crippen molar-refractivity contribution < 1.29 is 4.79 Å². The van der Waals surface area contributed by atoms with Crippen LogP contribution in [0.3, 0.4) is 0 Å². The molecule has 0 spiro atoms. The molecule has 16 heavy (non-hydrogen) atoms. The third-order valence-electron chi connectivity index (χ3n) is 1.96. The summed E-state index contributed by atoms with van der Waals surface area (Å²) < 4.78 is 0.778. The molecule has 0 aliphatic rings. The molecule has 0 aliphatic carbocycles. The lowest BCUT2D eigenvalue weighted by Gasteiger charge is -2.09. The van der Waals surface area contributed by atoms with Crippen LogP contribution < -0.4 is 10.6 Å². The molecule has 2 N–H and O–H groups in total. The molecule has 1 rings (SSSR count). The summed E-state index contributed by atoms with van der Waals surface area (Å²) >= 11 is 9.28. The van der Waals surface area contributed by atoms with Gasteiger partial charge >= 0.3 is 0 Å². The third kappa shape index (κ3) is 4.02. The Hall–Kier alpha value is -0.740. The lowest BCUT2D eigenvalue weighted by molar-refractivity contribution is -0.119. The molecule has 1 aromatic rings. The number of halogens is 2. The Morgan fingerprint density at radius 2 is 2.25 bits per heavy atom. The molecule has 1 amide bonds. The van der Waals surface area contributed by atoms with Gasteiger partial charge in [0, 0.05) is 6.54 Å². The van der Waals surface area contributed by atoms with Crippen molar-refractivity contribution in [2.45, 2.75) is 13.3 Å². The summed E-state index contributed by atoms with van der Waals surface area (Å²) in [7, 11) is 0. The highest BCUT2D eigenvalue weighted by atomic mass is 79.9. The van der Waals surface area contributed by atoms with Crippen LogP contribution in [0.5, 0.6) is 0 Å². The molecule has 5 heteroatoms. The number of nitrogens with one attached hydrogen (secondary N) is 2. The predicted molar refractivity (Wildman–Crippen MR) is 70.9 cm³/mol. The Bertz CT molecular complexity index is 371. The second-order valence-corrected chi connectivity index (χ2v) is 4.51. The van der Waals surface area contributed by atoms with E-state index in [0.717, 1.165) is 16.6 Å². The lowest BCUT2D eigenvalue weighted by atomic mass is 10.3. The van der Waals surface area contributed by atoms with E-state index in [1.165, 1.54) is 0 Å². The van der Waals surface area contributed by atoms with Crippen LogP contribution in [-0.4, -0.2) is 19.0 Å². The van der Waals surface area contributed by atoms with Gasteiger partial charge in [-0.3, -0.25) is 4.79 Å². The Labute approximate surface area is 109 Å². The monoisotopic (exact) mass is 304 g/mol. The van der Waals surface area contributed by atoms with Crippen LogP contribution in [0.15, 0.2) is 22.7 Å². The fourth-order valence-electron chi connectivity index (χ4n) is 1.14. The van der Waals surface area contributed by atoms with Crippen molar-refractivity contribution in [3.05, 3.63) is 27.7 Å². The van der Waals surface area contributed by atoms with Gasteiger partial charge in [-0.2, -0.15) is 0 Å². The summed E-state index contributed by atoms with van der Waals surface area (Å²) in [5.74, 6) is -0.0197. The Balaban J connectivity index is 2.48. The predicted octanol–water partition coefficient (Wildman–Crippen LogP) is 3.04. The van der Waals surface area contributed by atoms with Gasteiger partial charge in [-0.1, -0.05) is 24.6 Å². The molecule has 0 atom stereocenters. The topological polar surface area (TPSA) is 41.1 Å². The number of carbonyl (C=O) groups is 1. The van der Waals surface area contributed by atoms with E-state index >= 15 is 0 Å². The van der Waals surface area contributed by atoms with E-state index in [1.807, 2.05) is 19.1 Å². The fraction of sp³-hybridized carbons (Fsp3) is 0.364. The van der Waals surface area contributed by atoms with E-state index in [9.17, 15) is 4.79 Å². The smallest absolute Gasteiger partial charge is 0.239 e. The first-order chi connectivity index (χ1) is 7.65. The molecular formula is C11H14BrClN2O. The van der Waals surface area contributed by atoms with Crippen molar-refractivity contribution in [3.8, 4) is 0 Å². The van der Waals surface area contributed by atoms with Crippen molar-refractivity contribution in [1.29, 1.82) is 0 Å². The molecule has 0 radical (unpaired) electrons. The molecule has 3 nitrogen and oxygen atoms in total. The number of hydrogen-bond acceptors (Lipinski definition) is 2. The van der Waals surface area contributed by atoms with Crippen LogP contribution in [0.2, 0.25) is 5.02 Å². The van der Waals surface area contributed by atoms with Crippen LogP contribution in [0.1, 0.15) is 13.3 Å². The van der Waals surface area contributed by atoms with E-state index < -0.39 is 0 Å². The molecule has 0 heterocycles. The van der Waals surface area contributed by atoms with Gasteiger partial charge in [-0.05, 0) is 34.5 Å². The largest absolute Gasteiger partial charge is 0.375 e. The maximum atomic E-state index is 11.3.